The quantitative estimate of drug-likeness (QED) is 0.268. The summed E-state index contributed by atoms with van der Waals surface area (Å²) >= 11 is 3.49. The summed E-state index contributed by atoms with van der Waals surface area (Å²) in [6.45, 7) is 5.07. The molecule has 0 aliphatic heterocycles. The van der Waals surface area contributed by atoms with Crippen LogP contribution in [0.5, 0.6) is 11.5 Å². The summed E-state index contributed by atoms with van der Waals surface area (Å²) in [5.74, 6) is 0.746. The first-order valence-corrected chi connectivity index (χ1v) is 14.6. The molecule has 2 aliphatic rings. The van der Waals surface area contributed by atoms with Gasteiger partial charge in [0.2, 0.25) is 0 Å². The topological polar surface area (TPSA) is 68.7 Å². The summed E-state index contributed by atoms with van der Waals surface area (Å²) in [5, 5.41) is 12.2. The number of hydrogen-bond donors (Lipinski definition) is 1. The van der Waals surface area contributed by atoms with Gasteiger partial charge in [-0.25, -0.2) is 0 Å². The largest absolute Gasteiger partial charge is 0.495 e. The molecular formula is C30H33NO4S2. The maximum absolute atomic E-state index is 11.5. The number of methoxy groups -OCH3 is 1. The molecule has 1 N–H and O–H groups in total. The predicted octanol–water partition coefficient (Wildman–Crippen LogP) is 8.01. The normalized spacial score (nSPS) is 17.3. The number of rotatable bonds is 11. The predicted molar refractivity (Wildman–Crippen MR) is 151 cm³/mol. The highest BCUT2D eigenvalue weighted by Gasteiger charge is 2.33. The lowest BCUT2D eigenvalue weighted by Gasteiger charge is -2.24. The van der Waals surface area contributed by atoms with Crippen LogP contribution in [0.4, 0.5) is 0 Å². The van der Waals surface area contributed by atoms with Crippen LogP contribution in [-0.2, 0) is 11.4 Å². The molecule has 1 aromatic carbocycles. The van der Waals surface area contributed by atoms with E-state index < -0.39 is 5.97 Å². The Morgan fingerprint density at radius 1 is 1.24 bits per heavy atom. The van der Waals surface area contributed by atoms with Crippen molar-refractivity contribution in [3.63, 3.8) is 0 Å². The third kappa shape index (κ3) is 6.04. The van der Waals surface area contributed by atoms with Gasteiger partial charge < -0.3 is 14.6 Å². The van der Waals surface area contributed by atoms with Crippen LogP contribution in [0.2, 0.25) is 0 Å². The lowest BCUT2D eigenvalue weighted by molar-refractivity contribution is -0.137. The number of pyridine rings is 1. The van der Waals surface area contributed by atoms with Crippen molar-refractivity contribution in [2.24, 2.45) is 5.41 Å². The van der Waals surface area contributed by atoms with Gasteiger partial charge in [0.05, 0.1) is 19.7 Å². The molecule has 2 aliphatic carbocycles. The minimum atomic E-state index is -0.764. The minimum Gasteiger partial charge on any atom is -0.495 e. The molecule has 2 aromatic heterocycles. The molecule has 1 saturated carbocycles. The number of hydrogen-bond acceptors (Lipinski definition) is 6. The van der Waals surface area contributed by atoms with Crippen molar-refractivity contribution in [1.29, 1.82) is 0 Å². The van der Waals surface area contributed by atoms with E-state index in [4.69, 9.17) is 9.47 Å². The van der Waals surface area contributed by atoms with E-state index in [0.717, 1.165) is 41.0 Å². The lowest BCUT2D eigenvalue weighted by atomic mass is 9.80. The number of carboxylic acid groups (broad SMARTS) is 1. The molecule has 37 heavy (non-hydrogen) atoms. The molecule has 0 spiro atoms. The first kappa shape index (κ1) is 25.9. The zero-order valence-corrected chi connectivity index (χ0v) is 23.2. The van der Waals surface area contributed by atoms with Crippen LogP contribution in [0.25, 0.3) is 16.0 Å². The molecule has 0 saturated heterocycles. The summed E-state index contributed by atoms with van der Waals surface area (Å²) < 4.78 is 11.8. The van der Waals surface area contributed by atoms with E-state index in [2.05, 4.69) is 30.3 Å². The minimum absolute atomic E-state index is 0.0538. The molecule has 2 heterocycles. The molecule has 1 unspecified atom stereocenters. The van der Waals surface area contributed by atoms with Gasteiger partial charge >= 0.3 is 5.97 Å². The highest BCUT2D eigenvalue weighted by Crippen LogP contribution is 2.50. The highest BCUT2D eigenvalue weighted by atomic mass is 32.2. The SMILES string of the molecule is COc1cncc(-c2scc(COc3cccc(C(CC(=O)O)SC4CC4)c3)c2C2=CCCC2(C)C)c1. The van der Waals surface area contributed by atoms with Gasteiger partial charge in [-0.2, -0.15) is 0 Å². The number of nitrogens with zero attached hydrogens (tertiary/aromatic N) is 1. The van der Waals surface area contributed by atoms with Crippen molar-refractivity contribution < 1.29 is 19.4 Å². The molecule has 5 rings (SSSR count). The smallest absolute Gasteiger partial charge is 0.304 e. The monoisotopic (exact) mass is 535 g/mol. The standard InChI is InChI=1S/C30H33NO4S2/c1-30(2)11-5-8-25(30)28-21(18-36-29(28)20-13-23(34-3)16-31-15-20)17-35-22-7-4-6-19(12-22)26(14-27(32)33)37-24-9-10-24/h4,6-8,12-13,15-16,18,24,26H,5,9-11,14,17H2,1-3H3,(H,32,33). The van der Waals surface area contributed by atoms with Crippen LogP contribution in [0, 0.1) is 5.41 Å². The van der Waals surface area contributed by atoms with Crippen molar-refractivity contribution in [2.75, 3.05) is 7.11 Å². The molecule has 1 atom stereocenters. The van der Waals surface area contributed by atoms with E-state index in [-0.39, 0.29) is 17.1 Å². The Kier molecular flexibility index (Phi) is 7.63. The fraction of sp³-hybridized carbons (Fsp3) is 0.400. The van der Waals surface area contributed by atoms with E-state index >= 15 is 0 Å². The second kappa shape index (κ2) is 10.9. The number of carboxylic acids is 1. The summed E-state index contributed by atoms with van der Waals surface area (Å²) in [6.07, 6.45) is 10.7. The van der Waals surface area contributed by atoms with Crippen molar-refractivity contribution in [1.82, 2.24) is 4.98 Å². The maximum atomic E-state index is 11.5. The Morgan fingerprint density at radius 2 is 2.08 bits per heavy atom. The number of allylic oxidation sites excluding steroid dienone is 2. The fourth-order valence-electron chi connectivity index (χ4n) is 4.90. The van der Waals surface area contributed by atoms with Gasteiger partial charge in [0.1, 0.15) is 18.1 Å². The third-order valence-corrected chi connectivity index (χ3v) is 9.76. The fourth-order valence-corrected chi connectivity index (χ4v) is 7.36. The van der Waals surface area contributed by atoms with Crippen LogP contribution in [-0.4, -0.2) is 28.4 Å². The van der Waals surface area contributed by atoms with Crippen molar-refractivity contribution in [2.45, 2.75) is 63.1 Å². The van der Waals surface area contributed by atoms with Crippen LogP contribution in [0.1, 0.15) is 67.9 Å². The average molecular weight is 536 g/mol. The maximum Gasteiger partial charge on any atom is 0.304 e. The Balaban J connectivity index is 1.43. The van der Waals surface area contributed by atoms with Crippen LogP contribution in [0.3, 0.4) is 0 Å². The molecule has 194 valence electrons. The van der Waals surface area contributed by atoms with Crippen LogP contribution < -0.4 is 9.47 Å². The number of benzene rings is 1. The second-order valence-electron chi connectivity index (χ2n) is 10.4. The van der Waals surface area contributed by atoms with Crippen LogP contribution >= 0.6 is 23.1 Å². The average Bonchev–Trinajstić information content (AvgIpc) is 3.50. The molecule has 0 radical (unpaired) electrons. The zero-order chi connectivity index (χ0) is 26.0. The zero-order valence-electron chi connectivity index (χ0n) is 21.5. The molecular weight excluding hydrogens is 502 g/mol. The molecule has 3 aromatic rings. The summed E-state index contributed by atoms with van der Waals surface area (Å²) in [4.78, 5) is 17.1. The summed E-state index contributed by atoms with van der Waals surface area (Å²) in [6, 6.07) is 10.0. The lowest BCUT2D eigenvalue weighted by Crippen LogP contribution is -2.11. The van der Waals surface area contributed by atoms with E-state index in [0.29, 0.717) is 11.9 Å². The first-order valence-electron chi connectivity index (χ1n) is 12.7. The molecule has 7 heteroatoms. The van der Waals surface area contributed by atoms with E-state index in [1.807, 2.05) is 36.5 Å². The Morgan fingerprint density at radius 3 is 2.78 bits per heavy atom. The Hall–Kier alpha value is -2.77. The van der Waals surface area contributed by atoms with Gasteiger partial charge in [-0.3, -0.25) is 9.78 Å². The van der Waals surface area contributed by atoms with E-state index in [9.17, 15) is 9.90 Å². The van der Waals surface area contributed by atoms with Gasteiger partial charge in [-0.05, 0) is 65.8 Å². The Bertz CT molecular complexity index is 1310. The number of aliphatic carboxylic acids is 1. The van der Waals surface area contributed by atoms with Gasteiger partial charge in [0, 0.05) is 38.3 Å². The second-order valence-corrected chi connectivity index (χ2v) is 12.8. The first-order chi connectivity index (χ1) is 17.8. The van der Waals surface area contributed by atoms with Crippen molar-refractivity contribution in [3.05, 3.63) is 70.9 Å². The number of carbonyl (C=O) groups is 1. The number of ether oxygens (including phenoxy) is 2. The molecule has 0 amide bonds. The number of aromatic nitrogens is 1. The van der Waals surface area contributed by atoms with E-state index in [1.165, 1.54) is 28.9 Å². The Labute approximate surface area is 226 Å². The van der Waals surface area contributed by atoms with Crippen LogP contribution in [0.15, 0.2) is 54.2 Å². The van der Waals surface area contributed by atoms with Gasteiger partial charge in [0.25, 0.3) is 0 Å². The summed E-state index contributed by atoms with van der Waals surface area (Å²) in [7, 11) is 1.66. The molecule has 1 fully saturated rings. The van der Waals surface area contributed by atoms with Gasteiger partial charge in [0.15, 0.2) is 0 Å². The van der Waals surface area contributed by atoms with Crippen molar-refractivity contribution in [3.8, 4) is 21.9 Å². The molecule has 0 bridgehead atoms. The third-order valence-electron chi connectivity index (χ3n) is 7.06. The molecule has 5 nitrogen and oxygen atoms in total. The number of thioether (sulfide) groups is 1. The van der Waals surface area contributed by atoms with Crippen molar-refractivity contribution >= 4 is 34.6 Å². The number of thiophene rings is 1. The summed E-state index contributed by atoms with van der Waals surface area (Å²) in [5.41, 5.74) is 5.91. The van der Waals surface area contributed by atoms with E-state index in [1.54, 1.807) is 36.4 Å². The van der Waals surface area contributed by atoms with Gasteiger partial charge in [-0.1, -0.05) is 32.1 Å². The van der Waals surface area contributed by atoms with Gasteiger partial charge in [-0.15, -0.1) is 23.1 Å². The highest BCUT2D eigenvalue weighted by molar-refractivity contribution is 8.00.